The van der Waals surface area contributed by atoms with Gasteiger partial charge in [0.25, 0.3) is 5.91 Å². The number of fused-ring (bicyclic) bond motifs is 1. The monoisotopic (exact) mass is 433 g/mol. The molecule has 2 aromatic carbocycles. The Labute approximate surface area is 176 Å². The summed E-state index contributed by atoms with van der Waals surface area (Å²) < 4.78 is 34.3. The second kappa shape index (κ2) is 9.04. The Hall–Kier alpha value is -2.61. The van der Waals surface area contributed by atoms with Crippen LogP contribution in [0.4, 0.5) is 0 Å². The standard InChI is InChI=1S/C22H27NO6S/c1-15(2)12-23(18-8-9-30(26,27)14-18)21(24)13-29-22(25)19-10-16-6-4-5-7-17(16)11-20(19)28-3/h4-7,10-11,15,18H,8-9,12-14H2,1-3H3. The summed E-state index contributed by atoms with van der Waals surface area (Å²) in [5, 5.41) is 1.78. The molecule has 1 fully saturated rings. The Morgan fingerprint density at radius 1 is 1.17 bits per heavy atom. The lowest BCUT2D eigenvalue weighted by Crippen LogP contribution is -2.45. The van der Waals surface area contributed by atoms with Gasteiger partial charge in [0.15, 0.2) is 16.4 Å². The van der Waals surface area contributed by atoms with Crippen LogP contribution in [0.5, 0.6) is 5.75 Å². The summed E-state index contributed by atoms with van der Waals surface area (Å²) in [7, 11) is -1.66. The van der Waals surface area contributed by atoms with Gasteiger partial charge in [-0.05, 0) is 35.2 Å². The van der Waals surface area contributed by atoms with Gasteiger partial charge in [0.05, 0.1) is 18.6 Å². The molecule has 30 heavy (non-hydrogen) atoms. The van der Waals surface area contributed by atoms with Crippen LogP contribution < -0.4 is 4.74 Å². The lowest BCUT2D eigenvalue weighted by Gasteiger charge is -2.29. The number of carbonyl (C=O) groups excluding carboxylic acids is 2. The van der Waals surface area contributed by atoms with Gasteiger partial charge in [-0.3, -0.25) is 4.79 Å². The van der Waals surface area contributed by atoms with E-state index in [-0.39, 0.29) is 34.9 Å². The van der Waals surface area contributed by atoms with Gasteiger partial charge in [0.1, 0.15) is 11.3 Å². The molecule has 3 rings (SSSR count). The van der Waals surface area contributed by atoms with E-state index in [2.05, 4.69) is 0 Å². The number of hydrogen-bond donors (Lipinski definition) is 0. The molecule has 1 heterocycles. The van der Waals surface area contributed by atoms with Gasteiger partial charge in [0.2, 0.25) is 0 Å². The molecule has 0 aromatic heterocycles. The maximum absolute atomic E-state index is 12.8. The molecule has 0 aliphatic carbocycles. The second-order valence-corrected chi connectivity index (χ2v) is 10.2. The van der Waals surface area contributed by atoms with Crippen molar-refractivity contribution in [3.8, 4) is 5.75 Å². The number of hydrogen-bond acceptors (Lipinski definition) is 6. The van der Waals surface area contributed by atoms with Crippen LogP contribution in [0.2, 0.25) is 0 Å². The predicted octanol–water partition coefficient (Wildman–Crippen LogP) is 2.68. The normalized spacial score (nSPS) is 17.8. The van der Waals surface area contributed by atoms with Crippen LogP contribution in [-0.2, 0) is 19.4 Å². The van der Waals surface area contributed by atoms with E-state index < -0.39 is 22.4 Å². The molecule has 1 saturated heterocycles. The Morgan fingerprint density at radius 2 is 1.83 bits per heavy atom. The molecular weight excluding hydrogens is 406 g/mol. The van der Waals surface area contributed by atoms with Gasteiger partial charge >= 0.3 is 5.97 Å². The smallest absolute Gasteiger partial charge is 0.342 e. The minimum absolute atomic E-state index is 0.0437. The number of benzene rings is 2. The molecule has 7 nitrogen and oxygen atoms in total. The number of rotatable bonds is 7. The van der Waals surface area contributed by atoms with Crippen LogP contribution in [0.25, 0.3) is 10.8 Å². The Kier molecular flexibility index (Phi) is 6.65. The fraction of sp³-hybridized carbons (Fsp3) is 0.455. The summed E-state index contributed by atoms with van der Waals surface area (Å²) >= 11 is 0. The topological polar surface area (TPSA) is 90.0 Å². The summed E-state index contributed by atoms with van der Waals surface area (Å²) in [6, 6.07) is 10.6. The first-order chi connectivity index (χ1) is 14.2. The van der Waals surface area contributed by atoms with Crippen LogP contribution in [-0.4, -0.2) is 63.0 Å². The van der Waals surface area contributed by atoms with E-state index in [0.717, 1.165) is 10.8 Å². The van der Waals surface area contributed by atoms with E-state index in [1.165, 1.54) is 7.11 Å². The van der Waals surface area contributed by atoms with Gasteiger partial charge in [-0.2, -0.15) is 0 Å². The molecule has 1 unspecified atom stereocenters. The Bertz CT molecular complexity index is 1050. The number of ether oxygens (including phenoxy) is 2. The van der Waals surface area contributed by atoms with Crippen molar-refractivity contribution in [3.63, 3.8) is 0 Å². The minimum Gasteiger partial charge on any atom is -0.496 e. The van der Waals surface area contributed by atoms with Crippen LogP contribution in [0.1, 0.15) is 30.6 Å². The van der Waals surface area contributed by atoms with Crippen molar-refractivity contribution < 1.29 is 27.5 Å². The third-order valence-corrected chi connectivity index (χ3v) is 6.90. The molecule has 0 spiro atoms. The molecule has 0 saturated carbocycles. The van der Waals surface area contributed by atoms with Crippen molar-refractivity contribution >= 4 is 32.5 Å². The van der Waals surface area contributed by atoms with Crippen molar-refractivity contribution in [2.24, 2.45) is 5.92 Å². The third-order valence-electron chi connectivity index (χ3n) is 5.15. The van der Waals surface area contributed by atoms with E-state index >= 15 is 0 Å². The third kappa shape index (κ3) is 5.11. The molecular formula is C22H27NO6S. The van der Waals surface area contributed by atoms with Gasteiger partial charge in [-0.15, -0.1) is 0 Å². The maximum Gasteiger partial charge on any atom is 0.342 e. The second-order valence-electron chi connectivity index (χ2n) is 7.97. The van der Waals surface area contributed by atoms with Crippen LogP contribution in [0.3, 0.4) is 0 Å². The Balaban J connectivity index is 1.73. The summed E-state index contributed by atoms with van der Waals surface area (Å²) in [5.74, 6) is -0.486. The van der Waals surface area contributed by atoms with Crippen LogP contribution in [0.15, 0.2) is 36.4 Å². The van der Waals surface area contributed by atoms with Crippen molar-refractivity contribution in [1.29, 1.82) is 0 Å². The zero-order valence-corrected chi connectivity index (χ0v) is 18.3. The largest absolute Gasteiger partial charge is 0.496 e. The quantitative estimate of drug-likeness (QED) is 0.624. The average molecular weight is 434 g/mol. The van der Waals surface area contributed by atoms with E-state index in [4.69, 9.17) is 9.47 Å². The number of sulfone groups is 1. The zero-order valence-electron chi connectivity index (χ0n) is 17.5. The fourth-order valence-electron chi connectivity index (χ4n) is 3.70. The molecule has 0 bridgehead atoms. The predicted molar refractivity (Wildman–Crippen MR) is 114 cm³/mol. The van der Waals surface area contributed by atoms with E-state index in [1.54, 1.807) is 17.0 Å². The highest BCUT2D eigenvalue weighted by atomic mass is 32.2. The van der Waals surface area contributed by atoms with Gasteiger partial charge < -0.3 is 14.4 Å². The van der Waals surface area contributed by atoms with Gasteiger partial charge in [0, 0.05) is 12.6 Å². The molecule has 1 aliphatic heterocycles. The average Bonchev–Trinajstić information content (AvgIpc) is 3.08. The van der Waals surface area contributed by atoms with E-state index in [0.29, 0.717) is 18.7 Å². The highest BCUT2D eigenvalue weighted by molar-refractivity contribution is 7.91. The molecule has 1 amide bonds. The SMILES string of the molecule is COc1cc2ccccc2cc1C(=O)OCC(=O)N(CC(C)C)C1CCS(=O)(=O)C1. The molecule has 0 radical (unpaired) electrons. The molecule has 162 valence electrons. The first-order valence-electron chi connectivity index (χ1n) is 9.94. The Morgan fingerprint density at radius 3 is 2.40 bits per heavy atom. The van der Waals surface area contributed by atoms with Crippen molar-refractivity contribution in [2.45, 2.75) is 26.3 Å². The van der Waals surface area contributed by atoms with Gasteiger partial charge in [-0.25, -0.2) is 13.2 Å². The molecule has 1 aliphatic rings. The molecule has 8 heteroatoms. The number of methoxy groups -OCH3 is 1. The summed E-state index contributed by atoms with van der Waals surface area (Å²) in [6.45, 7) is 3.87. The first-order valence-corrected chi connectivity index (χ1v) is 11.8. The first kappa shape index (κ1) is 22.1. The molecule has 0 N–H and O–H groups in total. The number of esters is 1. The highest BCUT2D eigenvalue weighted by Crippen LogP contribution is 2.27. The van der Waals surface area contributed by atoms with E-state index in [1.807, 2.05) is 38.1 Å². The lowest BCUT2D eigenvalue weighted by molar-refractivity contribution is -0.137. The van der Waals surface area contributed by atoms with Crippen molar-refractivity contribution in [1.82, 2.24) is 4.90 Å². The van der Waals surface area contributed by atoms with Crippen molar-refractivity contribution in [3.05, 3.63) is 42.0 Å². The number of carbonyl (C=O) groups is 2. The van der Waals surface area contributed by atoms with Crippen molar-refractivity contribution in [2.75, 3.05) is 31.8 Å². The zero-order chi connectivity index (χ0) is 21.9. The summed E-state index contributed by atoms with van der Waals surface area (Å²) in [5.41, 5.74) is 0.239. The number of nitrogens with zero attached hydrogens (tertiary/aromatic N) is 1. The molecule has 1 atom stereocenters. The van der Waals surface area contributed by atoms with Crippen LogP contribution >= 0.6 is 0 Å². The fourth-order valence-corrected chi connectivity index (χ4v) is 5.44. The maximum atomic E-state index is 12.8. The van der Waals surface area contributed by atoms with Crippen LogP contribution in [0, 0.1) is 5.92 Å². The lowest BCUT2D eigenvalue weighted by atomic mass is 10.1. The van der Waals surface area contributed by atoms with E-state index in [9.17, 15) is 18.0 Å². The number of amides is 1. The summed E-state index contributed by atoms with van der Waals surface area (Å²) in [4.78, 5) is 27.0. The minimum atomic E-state index is -3.13. The molecule has 2 aromatic rings. The highest BCUT2D eigenvalue weighted by Gasteiger charge is 2.35. The summed E-state index contributed by atoms with van der Waals surface area (Å²) in [6.07, 6.45) is 0.410. The van der Waals surface area contributed by atoms with Gasteiger partial charge in [-0.1, -0.05) is 38.1 Å².